The van der Waals surface area contributed by atoms with E-state index in [0.29, 0.717) is 26.4 Å². The summed E-state index contributed by atoms with van der Waals surface area (Å²) in [4.78, 5) is 0. The summed E-state index contributed by atoms with van der Waals surface area (Å²) < 4.78 is 15.9. The maximum atomic E-state index is 9.35. The first-order valence-electron chi connectivity index (χ1n) is 6.24. The van der Waals surface area contributed by atoms with Crippen LogP contribution >= 0.6 is 0 Å². The molecule has 0 heterocycles. The van der Waals surface area contributed by atoms with Gasteiger partial charge in [0.1, 0.15) is 0 Å². The zero-order valence-electron chi connectivity index (χ0n) is 10.9. The van der Waals surface area contributed by atoms with Gasteiger partial charge < -0.3 is 24.6 Å². The summed E-state index contributed by atoms with van der Waals surface area (Å²) in [5.41, 5.74) is -0.137. The molecule has 5 heteroatoms. The average molecular weight is 247 g/mol. The van der Waals surface area contributed by atoms with E-state index in [2.05, 4.69) is 5.32 Å². The third-order valence-electron chi connectivity index (χ3n) is 3.41. The van der Waals surface area contributed by atoms with Gasteiger partial charge in [0.2, 0.25) is 0 Å². The molecule has 102 valence electrons. The highest BCUT2D eigenvalue weighted by Crippen LogP contribution is 2.31. The number of hydrogen-bond acceptors (Lipinski definition) is 5. The Bertz CT molecular complexity index is 197. The van der Waals surface area contributed by atoms with E-state index in [1.165, 1.54) is 0 Å². The molecule has 1 saturated carbocycles. The fourth-order valence-corrected chi connectivity index (χ4v) is 2.19. The lowest BCUT2D eigenvalue weighted by molar-refractivity contribution is -0.00748. The lowest BCUT2D eigenvalue weighted by Gasteiger charge is -2.26. The van der Waals surface area contributed by atoms with Crippen LogP contribution in [0.5, 0.6) is 0 Å². The number of methoxy groups -OCH3 is 1. The number of aliphatic hydroxyl groups is 1. The number of ether oxygens (including phenoxy) is 3. The van der Waals surface area contributed by atoms with Crippen LogP contribution in [0.4, 0.5) is 0 Å². The Morgan fingerprint density at radius 1 is 1.29 bits per heavy atom. The molecule has 2 atom stereocenters. The highest BCUT2D eigenvalue weighted by Gasteiger charge is 2.37. The van der Waals surface area contributed by atoms with E-state index in [9.17, 15) is 5.11 Å². The third-order valence-corrected chi connectivity index (χ3v) is 3.41. The fourth-order valence-electron chi connectivity index (χ4n) is 2.19. The molecule has 0 spiro atoms. The first-order valence-corrected chi connectivity index (χ1v) is 6.24. The zero-order chi connectivity index (χ0) is 12.6. The third kappa shape index (κ3) is 4.89. The molecule has 2 unspecified atom stereocenters. The van der Waals surface area contributed by atoms with Crippen LogP contribution in [0.25, 0.3) is 0 Å². The van der Waals surface area contributed by atoms with E-state index in [1.807, 2.05) is 7.05 Å². The number of rotatable bonds is 9. The molecule has 0 aromatic carbocycles. The molecule has 0 aromatic rings. The van der Waals surface area contributed by atoms with Crippen molar-refractivity contribution in [3.63, 3.8) is 0 Å². The van der Waals surface area contributed by atoms with Crippen LogP contribution in [0.15, 0.2) is 0 Å². The summed E-state index contributed by atoms with van der Waals surface area (Å²) in [7, 11) is 3.55. The fraction of sp³-hybridized carbons (Fsp3) is 1.00. The molecule has 5 nitrogen and oxygen atoms in total. The molecular weight excluding hydrogens is 222 g/mol. The van der Waals surface area contributed by atoms with Crippen LogP contribution in [0.3, 0.4) is 0 Å². The molecule has 1 aliphatic carbocycles. The lowest BCUT2D eigenvalue weighted by atomic mass is 9.99. The van der Waals surface area contributed by atoms with Crippen molar-refractivity contribution in [2.24, 2.45) is 0 Å². The van der Waals surface area contributed by atoms with Crippen molar-refractivity contribution in [3.8, 4) is 0 Å². The van der Waals surface area contributed by atoms with Crippen molar-refractivity contribution in [2.75, 3.05) is 47.2 Å². The molecule has 0 aliphatic heterocycles. The van der Waals surface area contributed by atoms with Crippen molar-refractivity contribution < 1.29 is 19.3 Å². The van der Waals surface area contributed by atoms with Gasteiger partial charge in [-0.2, -0.15) is 0 Å². The SMILES string of the molecule is CNC1(CO)CCC(OCCOCCOC)C1. The summed E-state index contributed by atoms with van der Waals surface area (Å²) in [6.07, 6.45) is 3.08. The molecule has 0 aromatic heterocycles. The van der Waals surface area contributed by atoms with Gasteiger partial charge in [0.05, 0.1) is 39.1 Å². The van der Waals surface area contributed by atoms with Crippen LogP contribution in [0, 0.1) is 0 Å². The largest absolute Gasteiger partial charge is 0.394 e. The van der Waals surface area contributed by atoms with Gasteiger partial charge >= 0.3 is 0 Å². The quantitative estimate of drug-likeness (QED) is 0.569. The van der Waals surface area contributed by atoms with Gasteiger partial charge in [-0.1, -0.05) is 0 Å². The van der Waals surface area contributed by atoms with Crippen LogP contribution in [-0.2, 0) is 14.2 Å². The second-order valence-corrected chi connectivity index (χ2v) is 4.53. The van der Waals surface area contributed by atoms with E-state index >= 15 is 0 Å². The molecular formula is C12H25NO4. The summed E-state index contributed by atoms with van der Waals surface area (Å²) in [6.45, 7) is 2.62. The van der Waals surface area contributed by atoms with Gasteiger partial charge in [-0.3, -0.25) is 0 Å². The Kier molecular flexibility index (Phi) is 6.99. The molecule has 2 N–H and O–H groups in total. The van der Waals surface area contributed by atoms with Gasteiger partial charge in [0, 0.05) is 12.6 Å². The van der Waals surface area contributed by atoms with Gasteiger partial charge in [0.15, 0.2) is 0 Å². The zero-order valence-corrected chi connectivity index (χ0v) is 10.9. The monoisotopic (exact) mass is 247 g/mol. The van der Waals surface area contributed by atoms with Crippen LogP contribution in [-0.4, -0.2) is 63.9 Å². The smallest absolute Gasteiger partial charge is 0.0704 e. The summed E-state index contributed by atoms with van der Waals surface area (Å²) >= 11 is 0. The van der Waals surface area contributed by atoms with Gasteiger partial charge in [-0.15, -0.1) is 0 Å². The molecule has 0 saturated heterocycles. The molecule has 0 radical (unpaired) electrons. The minimum atomic E-state index is -0.137. The first kappa shape index (κ1) is 14.9. The van der Waals surface area contributed by atoms with E-state index in [1.54, 1.807) is 7.11 Å². The van der Waals surface area contributed by atoms with E-state index in [4.69, 9.17) is 14.2 Å². The predicted octanol–water partition coefficient (Wildman–Crippen LogP) is 0.169. The Morgan fingerprint density at radius 2 is 2.06 bits per heavy atom. The Labute approximate surface area is 103 Å². The summed E-state index contributed by atoms with van der Waals surface area (Å²) in [5.74, 6) is 0. The lowest BCUT2D eigenvalue weighted by Crippen LogP contribution is -2.44. The minimum absolute atomic E-state index is 0.137. The van der Waals surface area contributed by atoms with E-state index < -0.39 is 0 Å². The second kappa shape index (κ2) is 8.00. The van der Waals surface area contributed by atoms with Crippen molar-refractivity contribution in [3.05, 3.63) is 0 Å². The highest BCUT2D eigenvalue weighted by molar-refractivity contribution is 4.95. The molecule has 0 amide bonds. The molecule has 17 heavy (non-hydrogen) atoms. The Balaban J connectivity index is 2.06. The number of hydrogen-bond donors (Lipinski definition) is 2. The summed E-state index contributed by atoms with van der Waals surface area (Å²) in [5, 5.41) is 12.5. The topological polar surface area (TPSA) is 60.0 Å². The molecule has 0 bridgehead atoms. The molecule has 1 fully saturated rings. The van der Waals surface area contributed by atoms with Crippen molar-refractivity contribution >= 4 is 0 Å². The van der Waals surface area contributed by atoms with E-state index in [-0.39, 0.29) is 18.2 Å². The average Bonchev–Trinajstić information content (AvgIpc) is 2.78. The van der Waals surface area contributed by atoms with Crippen molar-refractivity contribution in [1.29, 1.82) is 0 Å². The van der Waals surface area contributed by atoms with Crippen LogP contribution in [0.1, 0.15) is 19.3 Å². The number of nitrogens with one attached hydrogen (secondary N) is 1. The van der Waals surface area contributed by atoms with Crippen molar-refractivity contribution in [2.45, 2.75) is 30.9 Å². The van der Waals surface area contributed by atoms with Crippen molar-refractivity contribution in [1.82, 2.24) is 5.32 Å². The Hall–Kier alpha value is -0.200. The van der Waals surface area contributed by atoms with Gasteiger partial charge in [-0.05, 0) is 26.3 Å². The standard InChI is InChI=1S/C12H25NO4/c1-13-12(10-14)4-3-11(9-12)17-8-7-16-6-5-15-2/h11,13-14H,3-10H2,1-2H3. The van der Waals surface area contributed by atoms with Gasteiger partial charge in [0.25, 0.3) is 0 Å². The van der Waals surface area contributed by atoms with Crippen LogP contribution < -0.4 is 5.32 Å². The Morgan fingerprint density at radius 3 is 2.65 bits per heavy atom. The van der Waals surface area contributed by atoms with Gasteiger partial charge in [-0.25, -0.2) is 0 Å². The minimum Gasteiger partial charge on any atom is -0.394 e. The predicted molar refractivity (Wildman–Crippen MR) is 65.2 cm³/mol. The highest BCUT2D eigenvalue weighted by atomic mass is 16.5. The number of aliphatic hydroxyl groups excluding tert-OH is 1. The second-order valence-electron chi connectivity index (χ2n) is 4.53. The maximum Gasteiger partial charge on any atom is 0.0704 e. The summed E-state index contributed by atoms with van der Waals surface area (Å²) in [6, 6.07) is 0. The number of likely N-dealkylation sites (N-methyl/N-ethyl adjacent to an activating group) is 1. The molecule has 1 aliphatic rings. The maximum absolute atomic E-state index is 9.35. The normalized spacial score (nSPS) is 28.8. The first-order chi connectivity index (χ1) is 8.26. The van der Waals surface area contributed by atoms with E-state index in [0.717, 1.165) is 19.3 Å². The molecule has 1 rings (SSSR count). The van der Waals surface area contributed by atoms with Crippen LogP contribution in [0.2, 0.25) is 0 Å².